The van der Waals surface area contributed by atoms with Crippen molar-refractivity contribution in [3.8, 4) is 11.3 Å². The second-order valence-electron chi connectivity index (χ2n) is 6.39. The summed E-state index contributed by atoms with van der Waals surface area (Å²) in [4.78, 5) is 16.9. The standard InChI is InChI=1S/C20H10Br2ClF3N4O/c21-11-3-1-10(2-4-11)14-9-15(20(24,25)26)30-18(28-14)16(23)17(29-30)19(31)27-13-7-5-12(22)6-8-13/h1-9H,(H,27,31). The lowest BCUT2D eigenvalue weighted by Gasteiger charge is -2.11. The number of nitrogens with one attached hydrogen (secondary N) is 1. The summed E-state index contributed by atoms with van der Waals surface area (Å²) in [7, 11) is 0. The van der Waals surface area contributed by atoms with E-state index in [0.717, 1.165) is 15.0 Å². The highest BCUT2D eigenvalue weighted by molar-refractivity contribution is 9.10. The van der Waals surface area contributed by atoms with E-state index in [2.05, 4.69) is 47.3 Å². The molecule has 5 nitrogen and oxygen atoms in total. The lowest BCUT2D eigenvalue weighted by molar-refractivity contribution is -0.142. The van der Waals surface area contributed by atoms with Crippen LogP contribution in [-0.4, -0.2) is 20.5 Å². The first-order valence-corrected chi connectivity index (χ1v) is 10.6. The van der Waals surface area contributed by atoms with E-state index >= 15 is 0 Å². The minimum atomic E-state index is -4.75. The number of fused-ring (bicyclic) bond motifs is 1. The van der Waals surface area contributed by atoms with Crippen LogP contribution in [0.2, 0.25) is 5.02 Å². The molecule has 11 heteroatoms. The minimum Gasteiger partial charge on any atom is -0.321 e. The van der Waals surface area contributed by atoms with E-state index in [-0.39, 0.29) is 22.1 Å². The van der Waals surface area contributed by atoms with Crippen molar-refractivity contribution in [2.24, 2.45) is 0 Å². The highest BCUT2D eigenvalue weighted by Gasteiger charge is 2.36. The zero-order valence-corrected chi connectivity index (χ0v) is 19.1. The molecule has 2 aromatic carbocycles. The van der Waals surface area contributed by atoms with E-state index in [1.165, 1.54) is 0 Å². The Morgan fingerprint density at radius 3 is 2.16 bits per heavy atom. The number of carbonyl (C=O) groups excluding carboxylic acids is 1. The molecule has 0 spiro atoms. The van der Waals surface area contributed by atoms with E-state index in [9.17, 15) is 18.0 Å². The summed E-state index contributed by atoms with van der Waals surface area (Å²) < 4.78 is 43.4. The average Bonchev–Trinajstić information content (AvgIpc) is 3.05. The number of halogens is 6. The van der Waals surface area contributed by atoms with Crippen LogP contribution in [0.15, 0.2) is 63.5 Å². The fraction of sp³-hybridized carbons (Fsp3) is 0.0500. The van der Waals surface area contributed by atoms with Crippen molar-refractivity contribution in [3.63, 3.8) is 0 Å². The van der Waals surface area contributed by atoms with E-state index in [1.54, 1.807) is 48.5 Å². The van der Waals surface area contributed by atoms with Crippen LogP contribution in [0.25, 0.3) is 16.9 Å². The summed E-state index contributed by atoms with van der Waals surface area (Å²) in [5.41, 5.74) is -0.796. The van der Waals surface area contributed by atoms with Gasteiger partial charge in [0, 0.05) is 20.2 Å². The number of anilines is 1. The van der Waals surface area contributed by atoms with E-state index < -0.39 is 17.8 Å². The Hall–Kier alpha value is -2.43. The molecule has 4 aromatic rings. The first-order valence-electron chi connectivity index (χ1n) is 8.63. The van der Waals surface area contributed by atoms with Crippen LogP contribution >= 0.6 is 43.5 Å². The van der Waals surface area contributed by atoms with E-state index in [1.807, 2.05) is 0 Å². The zero-order chi connectivity index (χ0) is 22.3. The van der Waals surface area contributed by atoms with Gasteiger partial charge in [-0.2, -0.15) is 18.3 Å². The third kappa shape index (κ3) is 4.46. The molecule has 0 atom stereocenters. The van der Waals surface area contributed by atoms with Crippen LogP contribution in [0.1, 0.15) is 16.2 Å². The minimum absolute atomic E-state index is 0.0500. The number of rotatable bonds is 3. The fourth-order valence-electron chi connectivity index (χ4n) is 2.83. The Balaban J connectivity index is 1.83. The smallest absolute Gasteiger partial charge is 0.321 e. The fourth-order valence-corrected chi connectivity index (χ4v) is 3.61. The first kappa shape index (κ1) is 21.8. The Bertz CT molecular complexity index is 1290. The monoisotopic (exact) mass is 572 g/mol. The van der Waals surface area contributed by atoms with Crippen molar-refractivity contribution in [1.82, 2.24) is 14.6 Å². The summed E-state index contributed by atoms with van der Waals surface area (Å²) in [5, 5.41) is 6.10. The van der Waals surface area contributed by atoms with E-state index in [0.29, 0.717) is 15.8 Å². The van der Waals surface area contributed by atoms with Gasteiger partial charge in [-0.05, 0) is 42.5 Å². The highest BCUT2D eigenvalue weighted by Crippen LogP contribution is 2.35. The summed E-state index contributed by atoms with van der Waals surface area (Å²) in [6.07, 6.45) is -4.75. The van der Waals surface area contributed by atoms with Crippen LogP contribution in [0.4, 0.5) is 18.9 Å². The molecule has 2 aromatic heterocycles. The Labute approximate surface area is 195 Å². The SMILES string of the molecule is O=C(Nc1ccc(Br)cc1)c1nn2c(C(F)(F)F)cc(-c3ccc(Br)cc3)nc2c1Cl. The molecule has 0 aliphatic rings. The number of hydrogen-bond donors (Lipinski definition) is 1. The van der Waals surface area contributed by atoms with Crippen molar-refractivity contribution in [3.05, 3.63) is 80.0 Å². The maximum atomic E-state index is 13.8. The van der Waals surface area contributed by atoms with Gasteiger partial charge in [-0.15, -0.1) is 0 Å². The summed E-state index contributed by atoms with van der Waals surface area (Å²) in [6, 6.07) is 14.1. The van der Waals surface area contributed by atoms with Crippen LogP contribution in [0, 0.1) is 0 Å². The maximum absolute atomic E-state index is 13.8. The molecule has 1 N–H and O–H groups in total. The maximum Gasteiger partial charge on any atom is 0.433 e. The molecule has 4 rings (SSSR count). The van der Waals surface area contributed by atoms with Crippen LogP contribution < -0.4 is 5.32 Å². The molecule has 0 aliphatic heterocycles. The molecule has 0 radical (unpaired) electrons. The van der Waals surface area contributed by atoms with Crippen molar-refractivity contribution >= 4 is 60.7 Å². The molecule has 0 bridgehead atoms. The molecular formula is C20H10Br2ClF3N4O. The molecule has 0 unspecified atom stereocenters. The zero-order valence-electron chi connectivity index (χ0n) is 15.2. The second kappa shape index (κ2) is 8.25. The lowest BCUT2D eigenvalue weighted by atomic mass is 10.1. The van der Waals surface area contributed by atoms with Gasteiger partial charge in [-0.3, -0.25) is 4.79 Å². The van der Waals surface area contributed by atoms with Gasteiger partial charge in [0.05, 0.1) is 5.69 Å². The number of hydrogen-bond acceptors (Lipinski definition) is 3. The molecule has 0 saturated heterocycles. The normalized spacial score (nSPS) is 11.7. The van der Waals surface area contributed by atoms with Gasteiger partial charge >= 0.3 is 6.18 Å². The number of aromatic nitrogens is 3. The molecule has 0 saturated carbocycles. The predicted octanol–water partition coefficient (Wildman–Crippen LogP) is 6.85. The van der Waals surface area contributed by atoms with Gasteiger partial charge in [0.15, 0.2) is 17.0 Å². The van der Waals surface area contributed by atoms with Crippen molar-refractivity contribution in [1.29, 1.82) is 0 Å². The summed E-state index contributed by atoms with van der Waals surface area (Å²) in [5.74, 6) is -0.754. The Morgan fingerprint density at radius 2 is 1.58 bits per heavy atom. The number of carbonyl (C=O) groups is 1. The molecule has 2 heterocycles. The average molecular weight is 575 g/mol. The first-order chi connectivity index (χ1) is 14.6. The molecule has 31 heavy (non-hydrogen) atoms. The van der Waals surface area contributed by atoms with Crippen molar-refractivity contribution < 1.29 is 18.0 Å². The van der Waals surface area contributed by atoms with Gasteiger partial charge in [0.25, 0.3) is 5.91 Å². The lowest BCUT2D eigenvalue weighted by Crippen LogP contribution is -2.15. The molecule has 0 fully saturated rings. The van der Waals surface area contributed by atoms with Crippen molar-refractivity contribution in [2.75, 3.05) is 5.32 Å². The third-order valence-corrected chi connectivity index (χ3v) is 5.69. The molecular weight excluding hydrogens is 565 g/mol. The number of amides is 1. The Morgan fingerprint density at radius 1 is 1.00 bits per heavy atom. The quantitative estimate of drug-likeness (QED) is 0.291. The predicted molar refractivity (Wildman–Crippen MR) is 118 cm³/mol. The van der Waals surface area contributed by atoms with Crippen LogP contribution in [0.3, 0.4) is 0 Å². The number of benzene rings is 2. The highest BCUT2D eigenvalue weighted by atomic mass is 79.9. The van der Waals surface area contributed by atoms with Crippen LogP contribution in [-0.2, 0) is 6.18 Å². The Kier molecular flexibility index (Phi) is 5.80. The van der Waals surface area contributed by atoms with Crippen LogP contribution in [0.5, 0.6) is 0 Å². The van der Waals surface area contributed by atoms with E-state index in [4.69, 9.17) is 11.6 Å². The second-order valence-corrected chi connectivity index (χ2v) is 8.60. The van der Waals surface area contributed by atoms with Gasteiger partial charge in [0.1, 0.15) is 5.02 Å². The van der Waals surface area contributed by atoms with Gasteiger partial charge in [0.2, 0.25) is 0 Å². The number of nitrogens with zero attached hydrogens (tertiary/aromatic N) is 3. The number of alkyl halides is 3. The largest absolute Gasteiger partial charge is 0.433 e. The van der Waals surface area contributed by atoms with Gasteiger partial charge < -0.3 is 5.32 Å². The summed E-state index contributed by atoms with van der Waals surface area (Å²) >= 11 is 12.8. The molecule has 158 valence electrons. The van der Waals surface area contributed by atoms with Crippen molar-refractivity contribution in [2.45, 2.75) is 6.18 Å². The molecule has 1 amide bonds. The summed E-state index contributed by atoms with van der Waals surface area (Å²) in [6.45, 7) is 0. The topological polar surface area (TPSA) is 59.3 Å². The van der Waals surface area contributed by atoms with Gasteiger partial charge in [-0.25, -0.2) is 9.50 Å². The van der Waals surface area contributed by atoms with Gasteiger partial charge in [-0.1, -0.05) is 55.6 Å². The third-order valence-electron chi connectivity index (χ3n) is 4.28. The molecule has 0 aliphatic carbocycles.